The summed E-state index contributed by atoms with van der Waals surface area (Å²) in [7, 11) is 2.02. The predicted molar refractivity (Wildman–Crippen MR) is 113 cm³/mol. The molecule has 1 saturated carbocycles. The van der Waals surface area contributed by atoms with Crippen LogP contribution in [0.15, 0.2) is 48.8 Å². The molecule has 0 atom stereocenters. The number of hydrogen-bond donors (Lipinski definition) is 1. The first-order valence-corrected chi connectivity index (χ1v) is 10.3. The summed E-state index contributed by atoms with van der Waals surface area (Å²) >= 11 is 0. The van der Waals surface area contributed by atoms with Crippen LogP contribution in [0.4, 0.5) is 0 Å². The van der Waals surface area contributed by atoms with Crippen molar-refractivity contribution in [3.63, 3.8) is 0 Å². The van der Waals surface area contributed by atoms with Gasteiger partial charge in [-0.3, -0.25) is 14.6 Å². The molecule has 1 aliphatic carbocycles. The summed E-state index contributed by atoms with van der Waals surface area (Å²) in [6, 6.07) is 12.0. The number of amides is 2. The Labute approximate surface area is 174 Å². The molecule has 2 amide bonds. The van der Waals surface area contributed by atoms with Crippen LogP contribution in [0.5, 0.6) is 0 Å². The van der Waals surface area contributed by atoms with Crippen LogP contribution in [-0.2, 0) is 11.8 Å². The molecule has 1 saturated heterocycles. The van der Waals surface area contributed by atoms with Crippen molar-refractivity contribution in [1.82, 2.24) is 19.4 Å². The molecule has 0 spiro atoms. The van der Waals surface area contributed by atoms with Gasteiger partial charge >= 0.3 is 0 Å². The number of carbonyl (C=O) groups excluding carboxylic acids is 2. The maximum absolute atomic E-state index is 12.8. The van der Waals surface area contributed by atoms with Gasteiger partial charge < -0.3 is 19.5 Å². The lowest BCUT2D eigenvalue weighted by molar-refractivity contribution is -0.143. The summed E-state index contributed by atoms with van der Waals surface area (Å²) in [6.45, 7) is 1.84. The molecular formula is C23H24N4O3. The van der Waals surface area contributed by atoms with Gasteiger partial charge in [0.1, 0.15) is 5.60 Å². The Morgan fingerprint density at radius 3 is 2.40 bits per heavy atom. The molecule has 1 aliphatic heterocycles. The zero-order valence-corrected chi connectivity index (χ0v) is 16.9. The van der Waals surface area contributed by atoms with Crippen molar-refractivity contribution in [2.75, 3.05) is 26.2 Å². The Hall–Kier alpha value is -3.19. The summed E-state index contributed by atoms with van der Waals surface area (Å²) in [4.78, 5) is 33.0. The van der Waals surface area contributed by atoms with E-state index in [9.17, 15) is 14.7 Å². The number of carbonyl (C=O) groups is 2. The number of piperazine rings is 1. The molecule has 2 aliphatic rings. The van der Waals surface area contributed by atoms with E-state index in [2.05, 4.69) is 27.8 Å². The molecular weight excluding hydrogens is 380 g/mol. The molecule has 2 aromatic heterocycles. The number of aromatic nitrogens is 2. The zero-order valence-electron chi connectivity index (χ0n) is 16.9. The summed E-state index contributed by atoms with van der Waals surface area (Å²) in [5.74, 6) is -0.277. The van der Waals surface area contributed by atoms with Crippen molar-refractivity contribution >= 4 is 22.7 Å². The summed E-state index contributed by atoms with van der Waals surface area (Å²) in [5, 5.41) is 11.2. The number of fused-ring (bicyclic) bond motifs is 1. The lowest BCUT2D eigenvalue weighted by Crippen LogP contribution is -2.53. The molecule has 3 aromatic rings. The van der Waals surface area contributed by atoms with Gasteiger partial charge in [-0.1, -0.05) is 6.07 Å². The average Bonchev–Trinajstić information content (AvgIpc) is 3.44. The Kier molecular flexibility index (Phi) is 4.36. The molecule has 7 nitrogen and oxygen atoms in total. The largest absolute Gasteiger partial charge is 0.380 e. The maximum Gasteiger partial charge on any atom is 0.255 e. The Morgan fingerprint density at radius 2 is 1.73 bits per heavy atom. The summed E-state index contributed by atoms with van der Waals surface area (Å²) in [6.07, 6.45) is 4.74. The highest BCUT2D eigenvalue weighted by molar-refractivity contribution is 5.95. The third-order valence-electron chi connectivity index (χ3n) is 6.17. The van der Waals surface area contributed by atoms with Crippen molar-refractivity contribution in [2.45, 2.75) is 18.4 Å². The number of benzene rings is 1. The first-order chi connectivity index (χ1) is 14.4. The molecule has 1 aromatic carbocycles. The second kappa shape index (κ2) is 6.95. The van der Waals surface area contributed by atoms with Gasteiger partial charge in [0.05, 0.1) is 11.3 Å². The van der Waals surface area contributed by atoms with Gasteiger partial charge in [0.2, 0.25) is 0 Å². The van der Waals surface area contributed by atoms with Crippen molar-refractivity contribution in [2.24, 2.45) is 7.05 Å². The van der Waals surface area contributed by atoms with Crippen LogP contribution in [-0.4, -0.2) is 68.1 Å². The number of aryl methyl sites for hydroxylation is 1. The standard InChI is InChI=1S/C23H24N4O3/c1-25-9-6-17-14-16(3-5-20(17)25)19-4-2-18(15-24-19)21(28)26-10-12-27(13-11-26)22(29)23(30)7-8-23/h2-6,9,14-15,30H,7-8,10-13H2,1H3. The zero-order chi connectivity index (χ0) is 20.9. The number of nitrogens with zero attached hydrogens (tertiary/aromatic N) is 4. The van der Waals surface area contributed by atoms with Crippen LogP contribution in [0, 0.1) is 0 Å². The predicted octanol–water partition coefficient (Wildman–Crippen LogP) is 2.05. The Morgan fingerprint density at radius 1 is 1.00 bits per heavy atom. The lowest BCUT2D eigenvalue weighted by atomic mass is 10.1. The van der Waals surface area contributed by atoms with Crippen molar-refractivity contribution in [3.8, 4) is 11.3 Å². The van der Waals surface area contributed by atoms with E-state index in [-0.39, 0.29) is 11.8 Å². The van der Waals surface area contributed by atoms with Crippen LogP contribution in [0.25, 0.3) is 22.2 Å². The molecule has 1 N–H and O–H groups in total. The monoisotopic (exact) mass is 404 g/mol. The van der Waals surface area contributed by atoms with Crippen molar-refractivity contribution < 1.29 is 14.7 Å². The van der Waals surface area contributed by atoms with Crippen LogP contribution in [0.1, 0.15) is 23.2 Å². The highest BCUT2D eigenvalue weighted by Crippen LogP contribution is 2.37. The van der Waals surface area contributed by atoms with E-state index in [0.29, 0.717) is 44.6 Å². The molecule has 0 unspecified atom stereocenters. The molecule has 154 valence electrons. The SMILES string of the molecule is Cn1ccc2cc(-c3ccc(C(=O)N4CCN(C(=O)C5(O)CC5)CC4)cn3)ccc21. The van der Waals surface area contributed by atoms with Crippen LogP contribution in [0.2, 0.25) is 0 Å². The second-order valence-corrected chi connectivity index (χ2v) is 8.25. The smallest absolute Gasteiger partial charge is 0.255 e. The topological polar surface area (TPSA) is 78.7 Å². The molecule has 7 heteroatoms. The van der Waals surface area contributed by atoms with Crippen LogP contribution in [0.3, 0.4) is 0 Å². The molecule has 0 radical (unpaired) electrons. The van der Waals surface area contributed by atoms with Gasteiger partial charge in [0, 0.05) is 62.1 Å². The number of hydrogen-bond acceptors (Lipinski definition) is 4. The summed E-state index contributed by atoms with van der Waals surface area (Å²) in [5.41, 5.74) is 2.40. The van der Waals surface area contributed by atoms with Crippen molar-refractivity contribution in [3.05, 3.63) is 54.4 Å². The fourth-order valence-corrected chi connectivity index (χ4v) is 4.05. The minimum atomic E-state index is -1.14. The van der Waals surface area contributed by atoms with Gasteiger partial charge in [-0.25, -0.2) is 0 Å². The minimum Gasteiger partial charge on any atom is -0.380 e. The Balaban J connectivity index is 1.26. The quantitative estimate of drug-likeness (QED) is 0.725. The minimum absolute atomic E-state index is 0.0789. The van der Waals surface area contributed by atoms with Gasteiger partial charge in [-0.2, -0.15) is 0 Å². The highest BCUT2D eigenvalue weighted by atomic mass is 16.3. The fourth-order valence-electron chi connectivity index (χ4n) is 4.05. The van der Waals surface area contributed by atoms with Crippen LogP contribution < -0.4 is 0 Å². The molecule has 3 heterocycles. The van der Waals surface area contributed by atoms with Gasteiger partial charge in [-0.15, -0.1) is 0 Å². The van der Waals surface area contributed by atoms with Gasteiger partial charge in [0.25, 0.3) is 11.8 Å². The maximum atomic E-state index is 12.8. The molecule has 30 heavy (non-hydrogen) atoms. The van der Waals surface area contributed by atoms with Crippen molar-refractivity contribution in [1.29, 1.82) is 0 Å². The Bertz CT molecular complexity index is 1120. The van der Waals surface area contributed by atoms with E-state index < -0.39 is 5.60 Å². The van der Waals surface area contributed by atoms with E-state index in [1.807, 2.05) is 31.4 Å². The number of rotatable bonds is 3. The molecule has 0 bridgehead atoms. The first-order valence-electron chi connectivity index (χ1n) is 10.3. The fraction of sp³-hybridized carbons (Fsp3) is 0.348. The van der Waals surface area contributed by atoms with E-state index >= 15 is 0 Å². The number of aliphatic hydroxyl groups is 1. The van der Waals surface area contributed by atoms with E-state index in [0.717, 1.165) is 22.2 Å². The first kappa shape index (κ1) is 18.8. The molecule has 5 rings (SSSR count). The van der Waals surface area contributed by atoms with Gasteiger partial charge in [-0.05, 0) is 43.2 Å². The van der Waals surface area contributed by atoms with E-state index in [1.54, 1.807) is 16.0 Å². The average molecular weight is 404 g/mol. The van der Waals surface area contributed by atoms with E-state index in [4.69, 9.17) is 0 Å². The van der Waals surface area contributed by atoms with E-state index in [1.165, 1.54) is 0 Å². The third kappa shape index (κ3) is 3.25. The highest BCUT2D eigenvalue weighted by Gasteiger charge is 2.50. The second-order valence-electron chi connectivity index (χ2n) is 8.25. The van der Waals surface area contributed by atoms with Crippen LogP contribution >= 0.6 is 0 Å². The lowest BCUT2D eigenvalue weighted by Gasteiger charge is -2.35. The normalized spacial score (nSPS) is 17.9. The number of pyridine rings is 1. The van der Waals surface area contributed by atoms with Gasteiger partial charge in [0.15, 0.2) is 0 Å². The summed E-state index contributed by atoms with van der Waals surface area (Å²) < 4.78 is 2.08. The third-order valence-corrected chi connectivity index (χ3v) is 6.17. The molecule has 2 fully saturated rings.